The fourth-order valence-corrected chi connectivity index (χ4v) is 3.50. The first-order chi connectivity index (χ1) is 14.6. The van der Waals surface area contributed by atoms with Crippen LogP contribution in [0, 0.1) is 6.92 Å². The molecule has 0 spiro atoms. The Labute approximate surface area is 177 Å². The van der Waals surface area contributed by atoms with Crippen molar-refractivity contribution in [3.8, 4) is 0 Å². The Bertz CT molecular complexity index is 861. The molecule has 30 heavy (non-hydrogen) atoms. The van der Waals surface area contributed by atoms with Gasteiger partial charge in [0, 0.05) is 43.8 Å². The fraction of sp³-hybridized carbons (Fsp3) is 0.391. The maximum absolute atomic E-state index is 12.8. The standard InChI is InChI=1S/C23H30N4O3/c1-17-6-8-18(9-7-17)25-23(29)26-19-10-11-21(27-13-4-3-5-14-27)20(16-19)22(28)24-12-15-30-2/h6-11,16H,3-5,12-15H2,1-2H3,(H,24,28)(H2,25,26,29). The van der Waals surface area contributed by atoms with Gasteiger partial charge in [-0.25, -0.2) is 4.79 Å². The average molecular weight is 411 g/mol. The molecule has 2 aromatic rings. The number of piperidine rings is 1. The lowest BCUT2D eigenvalue weighted by molar-refractivity contribution is 0.0937. The summed E-state index contributed by atoms with van der Waals surface area (Å²) in [7, 11) is 1.60. The van der Waals surface area contributed by atoms with E-state index in [0.717, 1.165) is 37.2 Å². The number of nitrogens with one attached hydrogen (secondary N) is 3. The minimum Gasteiger partial charge on any atom is -0.383 e. The Balaban J connectivity index is 1.75. The third kappa shape index (κ3) is 5.97. The summed E-state index contributed by atoms with van der Waals surface area (Å²) in [6, 6.07) is 12.7. The summed E-state index contributed by atoms with van der Waals surface area (Å²) in [6.45, 7) is 4.73. The summed E-state index contributed by atoms with van der Waals surface area (Å²) in [6.07, 6.45) is 3.44. The highest BCUT2D eigenvalue weighted by molar-refractivity contribution is 6.04. The third-order valence-corrected chi connectivity index (χ3v) is 5.10. The molecule has 0 aromatic heterocycles. The third-order valence-electron chi connectivity index (χ3n) is 5.10. The van der Waals surface area contributed by atoms with Gasteiger partial charge in [0.25, 0.3) is 5.91 Å². The van der Waals surface area contributed by atoms with Crippen molar-refractivity contribution < 1.29 is 14.3 Å². The maximum Gasteiger partial charge on any atom is 0.323 e. The number of urea groups is 1. The van der Waals surface area contributed by atoms with Crippen LogP contribution in [0.2, 0.25) is 0 Å². The van der Waals surface area contributed by atoms with Crippen molar-refractivity contribution in [2.24, 2.45) is 0 Å². The number of amides is 3. The second-order valence-corrected chi connectivity index (χ2v) is 7.47. The normalized spacial score (nSPS) is 13.6. The van der Waals surface area contributed by atoms with E-state index in [9.17, 15) is 9.59 Å². The number of ether oxygens (including phenoxy) is 1. The van der Waals surface area contributed by atoms with Gasteiger partial charge in [-0.1, -0.05) is 17.7 Å². The van der Waals surface area contributed by atoms with Crippen LogP contribution in [0.25, 0.3) is 0 Å². The van der Waals surface area contributed by atoms with Gasteiger partial charge in [0.1, 0.15) is 0 Å². The summed E-state index contributed by atoms with van der Waals surface area (Å²) in [4.78, 5) is 27.5. The van der Waals surface area contributed by atoms with Crippen LogP contribution in [0.5, 0.6) is 0 Å². The van der Waals surface area contributed by atoms with Gasteiger partial charge >= 0.3 is 6.03 Å². The number of anilines is 3. The van der Waals surface area contributed by atoms with Crippen molar-refractivity contribution in [2.75, 3.05) is 48.9 Å². The van der Waals surface area contributed by atoms with Gasteiger partial charge < -0.3 is 25.6 Å². The Kier molecular flexibility index (Phi) is 7.68. The van der Waals surface area contributed by atoms with Crippen molar-refractivity contribution in [3.05, 3.63) is 53.6 Å². The number of hydrogen-bond donors (Lipinski definition) is 3. The molecule has 7 nitrogen and oxygen atoms in total. The molecule has 0 unspecified atom stereocenters. The van der Waals surface area contributed by atoms with E-state index in [2.05, 4.69) is 20.9 Å². The number of carbonyl (C=O) groups is 2. The van der Waals surface area contributed by atoms with Crippen molar-refractivity contribution in [1.82, 2.24) is 5.32 Å². The van der Waals surface area contributed by atoms with Crippen LogP contribution < -0.4 is 20.9 Å². The van der Waals surface area contributed by atoms with Gasteiger partial charge in [-0.2, -0.15) is 0 Å². The monoisotopic (exact) mass is 410 g/mol. The maximum atomic E-state index is 12.8. The summed E-state index contributed by atoms with van der Waals surface area (Å²) < 4.78 is 5.02. The zero-order valence-corrected chi connectivity index (χ0v) is 17.7. The van der Waals surface area contributed by atoms with E-state index in [1.165, 1.54) is 6.42 Å². The smallest absolute Gasteiger partial charge is 0.323 e. The van der Waals surface area contributed by atoms with Gasteiger partial charge in [-0.3, -0.25) is 4.79 Å². The number of carbonyl (C=O) groups excluding carboxylic acids is 2. The predicted molar refractivity (Wildman–Crippen MR) is 121 cm³/mol. The molecule has 7 heteroatoms. The van der Waals surface area contributed by atoms with Gasteiger partial charge in [0.2, 0.25) is 0 Å². The summed E-state index contributed by atoms with van der Waals surface area (Å²) in [5, 5.41) is 8.52. The number of rotatable bonds is 7. The minimum absolute atomic E-state index is 0.171. The Morgan fingerprint density at radius 2 is 1.63 bits per heavy atom. The molecule has 2 aromatic carbocycles. The number of methoxy groups -OCH3 is 1. The first-order valence-corrected chi connectivity index (χ1v) is 10.4. The highest BCUT2D eigenvalue weighted by atomic mass is 16.5. The lowest BCUT2D eigenvalue weighted by Gasteiger charge is -2.30. The first kappa shape index (κ1) is 21.6. The Morgan fingerprint density at radius 3 is 2.33 bits per heavy atom. The lowest BCUT2D eigenvalue weighted by Crippen LogP contribution is -2.33. The molecule has 0 bridgehead atoms. The van der Waals surface area contributed by atoms with E-state index in [0.29, 0.717) is 30.1 Å². The molecule has 0 radical (unpaired) electrons. The number of benzene rings is 2. The van der Waals surface area contributed by atoms with E-state index in [-0.39, 0.29) is 11.9 Å². The van der Waals surface area contributed by atoms with Crippen LogP contribution in [0.4, 0.5) is 21.9 Å². The second kappa shape index (κ2) is 10.6. The highest BCUT2D eigenvalue weighted by Crippen LogP contribution is 2.27. The van der Waals surface area contributed by atoms with E-state index >= 15 is 0 Å². The molecular weight excluding hydrogens is 380 g/mol. The molecule has 1 heterocycles. The fourth-order valence-electron chi connectivity index (χ4n) is 3.50. The molecule has 3 rings (SSSR count). The van der Waals surface area contributed by atoms with Crippen LogP contribution in [0.1, 0.15) is 35.2 Å². The zero-order chi connectivity index (χ0) is 21.3. The van der Waals surface area contributed by atoms with Crippen molar-refractivity contribution in [1.29, 1.82) is 0 Å². The van der Waals surface area contributed by atoms with E-state index in [1.54, 1.807) is 13.2 Å². The van der Waals surface area contributed by atoms with Gasteiger partial charge in [-0.15, -0.1) is 0 Å². The van der Waals surface area contributed by atoms with Crippen molar-refractivity contribution in [2.45, 2.75) is 26.2 Å². The molecule has 160 valence electrons. The SMILES string of the molecule is COCCNC(=O)c1cc(NC(=O)Nc2ccc(C)cc2)ccc1N1CCCCC1. The van der Waals surface area contributed by atoms with Gasteiger partial charge in [-0.05, 0) is 56.5 Å². The first-order valence-electron chi connectivity index (χ1n) is 10.4. The predicted octanol–water partition coefficient (Wildman–Crippen LogP) is 4.01. The van der Waals surface area contributed by atoms with Crippen LogP contribution in [-0.2, 0) is 4.74 Å². The molecule has 1 aliphatic rings. The average Bonchev–Trinajstić information content (AvgIpc) is 2.76. The molecule has 3 amide bonds. The summed E-state index contributed by atoms with van der Waals surface area (Å²) in [5.41, 5.74) is 3.85. The van der Waals surface area contributed by atoms with Gasteiger partial charge in [0.05, 0.1) is 12.2 Å². The van der Waals surface area contributed by atoms with Crippen LogP contribution >= 0.6 is 0 Å². The van der Waals surface area contributed by atoms with E-state index in [4.69, 9.17) is 4.74 Å². The van der Waals surface area contributed by atoms with Crippen LogP contribution in [0.3, 0.4) is 0 Å². The molecule has 0 aliphatic carbocycles. The Hall–Kier alpha value is -3.06. The second-order valence-electron chi connectivity index (χ2n) is 7.47. The lowest BCUT2D eigenvalue weighted by atomic mass is 10.1. The van der Waals surface area contributed by atoms with E-state index in [1.807, 2.05) is 43.3 Å². The minimum atomic E-state index is -0.352. The molecule has 1 saturated heterocycles. The molecule has 1 fully saturated rings. The van der Waals surface area contributed by atoms with Gasteiger partial charge in [0.15, 0.2) is 0 Å². The largest absolute Gasteiger partial charge is 0.383 e. The molecule has 3 N–H and O–H groups in total. The Morgan fingerprint density at radius 1 is 0.967 bits per heavy atom. The summed E-state index contributed by atoms with van der Waals surface area (Å²) >= 11 is 0. The van der Waals surface area contributed by atoms with E-state index < -0.39 is 0 Å². The molecular formula is C23H30N4O3. The summed E-state index contributed by atoms with van der Waals surface area (Å²) in [5.74, 6) is -0.171. The number of aryl methyl sites for hydroxylation is 1. The highest BCUT2D eigenvalue weighted by Gasteiger charge is 2.19. The zero-order valence-electron chi connectivity index (χ0n) is 17.7. The quantitative estimate of drug-likeness (QED) is 0.603. The molecule has 0 atom stereocenters. The topological polar surface area (TPSA) is 82.7 Å². The van der Waals surface area contributed by atoms with Crippen molar-refractivity contribution in [3.63, 3.8) is 0 Å². The van der Waals surface area contributed by atoms with Crippen LogP contribution in [-0.4, -0.2) is 45.3 Å². The van der Waals surface area contributed by atoms with Crippen LogP contribution in [0.15, 0.2) is 42.5 Å². The number of hydrogen-bond acceptors (Lipinski definition) is 4. The molecule has 1 aliphatic heterocycles. The number of nitrogens with zero attached hydrogens (tertiary/aromatic N) is 1. The van der Waals surface area contributed by atoms with Crippen molar-refractivity contribution >= 4 is 29.0 Å². The molecule has 0 saturated carbocycles.